The molecule has 230 valence electrons. The van der Waals surface area contributed by atoms with E-state index < -0.39 is 23.6 Å². The molecule has 2 aromatic carbocycles. The number of anilines is 1. The van der Waals surface area contributed by atoms with Crippen LogP contribution >= 0.6 is 11.3 Å². The molecule has 0 spiro atoms. The molecule has 2 amide bonds. The number of carbonyl (C=O) groups is 3. The Morgan fingerprint density at radius 2 is 1.75 bits per heavy atom. The van der Waals surface area contributed by atoms with Crippen molar-refractivity contribution in [2.45, 2.75) is 38.8 Å². The molecule has 3 heterocycles. The van der Waals surface area contributed by atoms with Gasteiger partial charge in [0.15, 0.2) is 0 Å². The average molecular weight is 626 g/mol. The minimum absolute atomic E-state index is 0.0461. The van der Waals surface area contributed by atoms with Gasteiger partial charge >= 0.3 is 12.1 Å². The number of amides is 2. The van der Waals surface area contributed by atoms with Gasteiger partial charge in [0.1, 0.15) is 17.1 Å². The Balaban J connectivity index is 1.24. The van der Waals surface area contributed by atoms with Crippen molar-refractivity contribution in [1.29, 1.82) is 0 Å². The zero-order valence-electron chi connectivity index (χ0n) is 24.3. The molecule has 13 heteroatoms. The van der Waals surface area contributed by atoms with E-state index >= 15 is 0 Å². The van der Waals surface area contributed by atoms with Crippen LogP contribution in [-0.4, -0.2) is 57.1 Å². The standard InChI is InChI=1S/C31H30F3N5O4S/c1-4-43-30(42)25-18(2)37-38(3)26(25)36-27(40)24-17-44-28(35-24)20-13-15-39(16-14-20)29(41)23-8-6-5-7-22(23)19-9-11-21(12-10-19)31(32,33)34/h5-12,17,20H,4,13-16H2,1-3H3,(H,36,40). The van der Waals surface area contributed by atoms with Crippen LogP contribution in [0.25, 0.3) is 11.1 Å². The molecule has 0 atom stereocenters. The topological polar surface area (TPSA) is 106 Å². The number of alkyl halides is 3. The third-order valence-corrected chi connectivity index (χ3v) is 8.51. The van der Waals surface area contributed by atoms with Crippen LogP contribution in [0.5, 0.6) is 0 Å². The van der Waals surface area contributed by atoms with Gasteiger partial charge in [0.2, 0.25) is 0 Å². The van der Waals surface area contributed by atoms with Crippen LogP contribution in [0.3, 0.4) is 0 Å². The fraction of sp³-hybridized carbons (Fsp3) is 0.323. The second kappa shape index (κ2) is 12.6. The number of carbonyl (C=O) groups excluding carboxylic acids is 3. The summed E-state index contributed by atoms with van der Waals surface area (Å²) in [5.74, 6) is -0.972. The molecule has 5 rings (SSSR count). The number of halogens is 3. The first-order chi connectivity index (χ1) is 21.0. The number of aromatic nitrogens is 3. The number of likely N-dealkylation sites (tertiary alicyclic amines) is 1. The molecule has 0 saturated carbocycles. The molecule has 1 fully saturated rings. The van der Waals surface area contributed by atoms with Gasteiger partial charge in [-0.15, -0.1) is 11.3 Å². The first-order valence-electron chi connectivity index (χ1n) is 14.0. The number of esters is 1. The first kappa shape index (κ1) is 30.9. The molecule has 0 bridgehead atoms. The maximum absolute atomic E-state index is 13.5. The van der Waals surface area contributed by atoms with Crippen molar-refractivity contribution in [2.75, 3.05) is 25.0 Å². The van der Waals surface area contributed by atoms with Gasteiger partial charge in [-0.2, -0.15) is 18.3 Å². The van der Waals surface area contributed by atoms with Crippen LogP contribution in [0.1, 0.15) is 73.2 Å². The SMILES string of the molecule is CCOC(=O)c1c(C)nn(C)c1NC(=O)c1csc(C2CCN(C(=O)c3ccccc3-c3ccc(C(F)(F)F)cc3)CC2)n1. The lowest BCUT2D eigenvalue weighted by Gasteiger charge is -2.31. The molecule has 9 nitrogen and oxygen atoms in total. The smallest absolute Gasteiger partial charge is 0.416 e. The van der Waals surface area contributed by atoms with E-state index in [0.717, 1.165) is 17.1 Å². The Labute approximate surface area is 255 Å². The maximum atomic E-state index is 13.5. The van der Waals surface area contributed by atoms with E-state index in [9.17, 15) is 27.6 Å². The van der Waals surface area contributed by atoms with E-state index in [2.05, 4.69) is 15.4 Å². The first-order valence-corrected chi connectivity index (χ1v) is 14.9. The molecule has 1 aliphatic heterocycles. The summed E-state index contributed by atoms with van der Waals surface area (Å²) in [7, 11) is 1.62. The number of thiazole rings is 1. The number of nitrogens with one attached hydrogen (secondary N) is 1. The Morgan fingerprint density at radius 1 is 1.07 bits per heavy atom. The van der Waals surface area contributed by atoms with Crippen LogP contribution < -0.4 is 5.32 Å². The molecule has 2 aromatic heterocycles. The van der Waals surface area contributed by atoms with E-state index in [4.69, 9.17) is 4.74 Å². The van der Waals surface area contributed by atoms with Crippen LogP contribution in [0.2, 0.25) is 0 Å². The van der Waals surface area contributed by atoms with Crippen molar-refractivity contribution in [3.63, 3.8) is 0 Å². The second-order valence-electron chi connectivity index (χ2n) is 10.4. The summed E-state index contributed by atoms with van der Waals surface area (Å²) in [4.78, 5) is 45.3. The molecule has 0 aliphatic carbocycles. The summed E-state index contributed by atoms with van der Waals surface area (Å²) in [6.07, 6.45) is -3.17. The van der Waals surface area contributed by atoms with Gasteiger partial charge in [-0.1, -0.05) is 30.3 Å². The van der Waals surface area contributed by atoms with Crippen molar-refractivity contribution in [3.05, 3.63) is 87.0 Å². The number of nitrogens with zero attached hydrogens (tertiary/aromatic N) is 4. The zero-order valence-corrected chi connectivity index (χ0v) is 25.1. The van der Waals surface area contributed by atoms with Crippen LogP contribution in [0, 0.1) is 6.92 Å². The highest BCUT2D eigenvalue weighted by molar-refractivity contribution is 7.10. The van der Waals surface area contributed by atoms with E-state index in [1.807, 2.05) is 0 Å². The van der Waals surface area contributed by atoms with Crippen molar-refractivity contribution in [2.24, 2.45) is 7.05 Å². The van der Waals surface area contributed by atoms with E-state index in [1.54, 1.807) is 55.4 Å². The van der Waals surface area contributed by atoms with Gasteiger partial charge in [0.25, 0.3) is 11.8 Å². The highest BCUT2D eigenvalue weighted by Crippen LogP contribution is 2.34. The minimum Gasteiger partial charge on any atom is -0.462 e. The molecule has 1 aliphatic rings. The molecular formula is C31H30F3N5O4S. The fourth-order valence-electron chi connectivity index (χ4n) is 5.26. The molecule has 44 heavy (non-hydrogen) atoms. The van der Waals surface area contributed by atoms with Crippen molar-refractivity contribution in [1.82, 2.24) is 19.7 Å². The van der Waals surface area contributed by atoms with Crippen molar-refractivity contribution < 1.29 is 32.3 Å². The number of ether oxygens (including phenoxy) is 1. The van der Waals surface area contributed by atoms with Crippen LogP contribution in [0.4, 0.5) is 19.0 Å². The Morgan fingerprint density at radius 3 is 2.41 bits per heavy atom. The number of rotatable bonds is 7. The Hall–Kier alpha value is -4.52. The maximum Gasteiger partial charge on any atom is 0.416 e. The predicted molar refractivity (Wildman–Crippen MR) is 159 cm³/mol. The normalized spacial score (nSPS) is 14.0. The fourth-order valence-corrected chi connectivity index (χ4v) is 6.23. The molecule has 1 N–H and O–H groups in total. The van der Waals surface area contributed by atoms with Gasteiger partial charge in [0.05, 0.1) is 22.9 Å². The number of hydrogen-bond acceptors (Lipinski definition) is 7. The number of piperidine rings is 1. The minimum atomic E-state index is -4.44. The molecule has 1 saturated heterocycles. The monoisotopic (exact) mass is 625 g/mol. The highest BCUT2D eigenvalue weighted by Gasteiger charge is 2.31. The zero-order chi connectivity index (χ0) is 31.6. The molecular weight excluding hydrogens is 595 g/mol. The number of aryl methyl sites for hydroxylation is 2. The van der Waals surface area contributed by atoms with E-state index in [0.29, 0.717) is 48.3 Å². The third-order valence-electron chi connectivity index (χ3n) is 7.50. The lowest BCUT2D eigenvalue weighted by molar-refractivity contribution is -0.137. The van der Waals surface area contributed by atoms with Crippen molar-refractivity contribution in [3.8, 4) is 11.1 Å². The van der Waals surface area contributed by atoms with Gasteiger partial charge in [-0.25, -0.2) is 9.78 Å². The van der Waals surface area contributed by atoms with E-state index in [-0.39, 0.29) is 35.5 Å². The summed E-state index contributed by atoms with van der Waals surface area (Å²) >= 11 is 1.36. The van der Waals surface area contributed by atoms with Gasteiger partial charge in [0, 0.05) is 37.0 Å². The summed E-state index contributed by atoms with van der Waals surface area (Å²) in [5, 5.41) is 9.40. The average Bonchev–Trinajstić information content (AvgIpc) is 3.61. The van der Waals surface area contributed by atoms with Crippen LogP contribution in [-0.2, 0) is 18.0 Å². The Bertz CT molecular complexity index is 1690. The molecule has 0 unspecified atom stereocenters. The number of hydrogen-bond donors (Lipinski definition) is 1. The summed E-state index contributed by atoms with van der Waals surface area (Å²) in [6, 6.07) is 11.7. The third kappa shape index (κ3) is 6.37. The summed E-state index contributed by atoms with van der Waals surface area (Å²) in [6.45, 7) is 4.47. The Kier molecular flexibility index (Phi) is 8.86. The van der Waals surface area contributed by atoms with Gasteiger partial charge in [-0.3, -0.25) is 14.3 Å². The predicted octanol–water partition coefficient (Wildman–Crippen LogP) is 6.32. The lowest BCUT2D eigenvalue weighted by Crippen LogP contribution is -2.38. The van der Waals surface area contributed by atoms with E-state index in [1.165, 1.54) is 28.2 Å². The van der Waals surface area contributed by atoms with Gasteiger partial charge in [-0.05, 0) is 56.0 Å². The second-order valence-corrected chi connectivity index (χ2v) is 11.3. The largest absolute Gasteiger partial charge is 0.462 e. The van der Waals surface area contributed by atoms with Crippen molar-refractivity contribution >= 4 is 34.9 Å². The summed E-state index contributed by atoms with van der Waals surface area (Å²) in [5.41, 5.74) is 1.61. The summed E-state index contributed by atoms with van der Waals surface area (Å²) < 4.78 is 45.6. The van der Waals surface area contributed by atoms with Gasteiger partial charge < -0.3 is 15.0 Å². The molecule has 4 aromatic rings. The number of benzene rings is 2. The highest BCUT2D eigenvalue weighted by atomic mass is 32.1. The quantitative estimate of drug-likeness (QED) is 0.241. The lowest BCUT2D eigenvalue weighted by atomic mass is 9.94. The molecule has 0 radical (unpaired) electrons. The van der Waals surface area contributed by atoms with Crippen LogP contribution in [0.15, 0.2) is 53.9 Å².